The highest BCUT2D eigenvalue weighted by Crippen LogP contribution is 2.34. The molecule has 0 aliphatic rings. The second-order valence-electron chi connectivity index (χ2n) is 5.77. The summed E-state index contributed by atoms with van der Waals surface area (Å²) in [4.78, 5) is 15.2. The molecule has 0 saturated heterocycles. The van der Waals surface area contributed by atoms with Crippen LogP contribution in [0.4, 0.5) is 5.69 Å². The summed E-state index contributed by atoms with van der Waals surface area (Å²) in [5.41, 5.74) is 1.59. The number of thiocarbonyl (C=S) groups is 1. The van der Waals surface area contributed by atoms with E-state index in [1.165, 1.54) is 11.8 Å². The number of benzene rings is 2. The van der Waals surface area contributed by atoms with Crippen LogP contribution < -0.4 is 10.1 Å². The summed E-state index contributed by atoms with van der Waals surface area (Å²) in [6, 6.07) is 17.2. The molecule has 2 rings (SSSR count). The van der Waals surface area contributed by atoms with Gasteiger partial charge in [0.15, 0.2) is 0 Å². The molecular formula is C21H26N2O2S2. The van der Waals surface area contributed by atoms with Crippen LogP contribution in [0.5, 0.6) is 5.75 Å². The summed E-state index contributed by atoms with van der Waals surface area (Å²) in [5.74, 6) is 0.546. The minimum absolute atomic E-state index is 0.118. The lowest BCUT2D eigenvalue weighted by molar-refractivity contribution is -0.115. The molecule has 2 aromatic rings. The van der Waals surface area contributed by atoms with Crippen molar-refractivity contribution in [2.75, 3.05) is 25.0 Å². The Hall–Kier alpha value is -2.05. The van der Waals surface area contributed by atoms with Crippen molar-refractivity contribution in [1.82, 2.24) is 4.90 Å². The smallest absolute Gasteiger partial charge is 0.242 e. The number of carbonyl (C=O) groups is 1. The fourth-order valence-electron chi connectivity index (χ4n) is 2.61. The molecule has 2 aromatic carbocycles. The van der Waals surface area contributed by atoms with Gasteiger partial charge in [-0.3, -0.25) is 4.79 Å². The quantitative estimate of drug-likeness (QED) is 0.620. The van der Waals surface area contributed by atoms with Crippen LogP contribution in [0.2, 0.25) is 0 Å². The highest BCUT2D eigenvalue weighted by atomic mass is 32.2. The van der Waals surface area contributed by atoms with E-state index in [1.54, 1.807) is 0 Å². The van der Waals surface area contributed by atoms with Gasteiger partial charge in [-0.2, -0.15) is 0 Å². The third-order valence-corrected chi connectivity index (χ3v) is 5.75. The van der Waals surface area contributed by atoms with Gasteiger partial charge in [-0.05, 0) is 38.5 Å². The first-order chi connectivity index (χ1) is 13.1. The minimum Gasteiger partial charge on any atom is -0.492 e. The first-order valence-corrected chi connectivity index (χ1v) is 10.4. The van der Waals surface area contributed by atoms with E-state index in [2.05, 4.69) is 24.1 Å². The number of carbonyl (C=O) groups excluding carboxylic acids is 1. The van der Waals surface area contributed by atoms with Crippen molar-refractivity contribution in [2.45, 2.75) is 26.0 Å². The van der Waals surface area contributed by atoms with Crippen LogP contribution in [0.1, 0.15) is 31.6 Å². The predicted octanol–water partition coefficient (Wildman–Crippen LogP) is 5.13. The Morgan fingerprint density at radius 3 is 2.33 bits per heavy atom. The number of rotatable bonds is 8. The number of hydrogen-bond acceptors (Lipinski definition) is 4. The van der Waals surface area contributed by atoms with Crippen molar-refractivity contribution in [3.05, 3.63) is 60.2 Å². The zero-order valence-corrected chi connectivity index (χ0v) is 17.6. The van der Waals surface area contributed by atoms with Gasteiger partial charge in [0.05, 0.1) is 12.3 Å². The van der Waals surface area contributed by atoms with Gasteiger partial charge in [0, 0.05) is 13.1 Å². The molecule has 0 fully saturated rings. The van der Waals surface area contributed by atoms with Crippen LogP contribution in [0.15, 0.2) is 54.6 Å². The van der Waals surface area contributed by atoms with Gasteiger partial charge < -0.3 is 15.0 Å². The Kier molecular flexibility index (Phi) is 8.61. The molecule has 0 saturated carbocycles. The third-order valence-electron chi connectivity index (χ3n) is 4.03. The van der Waals surface area contributed by atoms with Gasteiger partial charge in [-0.25, -0.2) is 0 Å². The van der Waals surface area contributed by atoms with Crippen LogP contribution in [0.3, 0.4) is 0 Å². The van der Waals surface area contributed by atoms with E-state index in [4.69, 9.17) is 17.0 Å². The van der Waals surface area contributed by atoms with Gasteiger partial charge in [-0.15, -0.1) is 0 Å². The summed E-state index contributed by atoms with van der Waals surface area (Å²) in [6.07, 6.45) is 0. The van der Waals surface area contributed by atoms with Crippen LogP contribution in [-0.4, -0.2) is 34.8 Å². The van der Waals surface area contributed by atoms with Crippen molar-refractivity contribution < 1.29 is 9.53 Å². The standard InChI is InChI=1S/C21H26N2O2S2/c1-4-23(5-2)21(26)27-19(16-12-8-7-9-13-16)20(24)22-17-14-10-11-15-18(17)25-6-3/h7-15,19H,4-6H2,1-3H3,(H,22,24)/t19-/m1/s1. The number of amides is 1. The molecule has 0 unspecified atom stereocenters. The molecule has 0 aliphatic heterocycles. The molecule has 0 aromatic heterocycles. The summed E-state index contributed by atoms with van der Waals surface area (Å²) in [5, 5.41) is 2.58. The van der Waals surface area contributed by atoms with Gasteiger partial charge in [0.25, 0.3) is 0 Å². The minimum atomic E-state index is -0.436. The summed E-state index contributed by atoms with van der Waals surface area (Å²) in [6.45, 7) is 8.22. The molecule has 0 bridgehead atoms. The molecule has 27 heavy (non-hydrogen) atoms. The van der Waals surface area contributed by atoms with E-state index in [-0.39, 0.29) is 5.91 Å². The predicted molar refractivity (Wildman–Crippen MR) is 119 cm³/mol. The van der Waals surface area contributed by atoms with Crippen LogP contribution in [0.25, 0.3) is 0 Å². The molecule has 0 spiro atoms. The fourth-order valence-corrected chi connectivity index (χ4v) is 4.22. The number of thioether (sulfide) groups is 1. The topological polar surface area (TPSA) is 41.6 Å². The van der Waals surface area contributed by atoms with Gasteiger partial charge in [0.1, 0.15) is 15.3 Å². The third kappa shape index (κ3) is 5.97. The summed E-state index contributed by atoms with van der Waals surface area (Å²) >= 11 is 6.99. The maximum Gasteiger partial charge on any atom is 0.242 e. The largest absolute Gasteiger partial charge is 0.492 e. The Bertz CT molecular complexity index is 749. The van der Waals surface area contributed by atoms with Crippen molar-refractivity contribution in [3.63, 3.8) is 0 Å². The SMILES string of the molecule is CCOc1ccccc1NC(=O)[C@H](SC(=S)N(CC)CC)c1ccccc1. The van der Waals surface area contributed by atoms with E-state index in [0.717, 1.165) is 23.0 Å². The number of para-hydroxylation sites is 2. The van der Waals surface area contributed by atoms with E-state index < -0.39 is 5.25 Å². The van der Waals surface area contributed by atoms with Gasteiger partial charge in [0.2, 0.25) is 5.91 Å². The van der Waals surface area contributed by atoms with Crippen molar-refractivity contribution in [3.8, 4) is 5.75 Å². The average molecular weight is 403 g/mol. The molecule has 0 heterocycles. The molecule has 1 N–H and O–H groups in total. The van der Waals surface area contributed by atoms with Crippen LogP contribution in [-0.2, 0) is 4.79 Å². The second-order valence-corrected chi connectivity index (χ2v) is 7.50. The van der Waals surface area contributed by atoms with E-state index in [0.29, 0.717) is 18.0 Å². The molecule has 0 radical (unpaired) electrons. The van der Waals surface area contributed by atoms with Gasteiger partial charge >= 0.3 is 0 Å². The number of anilines is 1. The summed E-state index contributed by atoms with van der Waals surface area (Å²) < 4.78 is 6.35. The monoisotopic (exact) mass is 402 g/mol. The Morgan fingerprint density at radius 1 is 1.07 bits per heavy atom. The first-order valence-electron chi connectivity index (χ1n) is 9.13. The van der Waals surface area contributed by atoms with Crippen molar-refractivity contribution in [1.29, 1.82) is 0 Å². The van der Waals surface area contributed by atoms with Gasteiger partial charge in [-0.1, -0.05) is 66.4 Å². The number of nitrogens with one attached hydrogen (secondary N) is 1. The zero-order valence-electron chi connectivity index (χ0n) is 16.0. The number of hydrogen-bond donors (Lipinski definition) is 1. The summed E-state index contributed by atoms with van der Waals surface area (Å²) in [7, 11) is 0. The number of ether oxygens (including phenoxy) is 1. The van der Waals surface area contributed by atoms with Crippen LogP contribution in [0, 0.1) is 0 Å². The molecule has 4 nitrogen and oxygen atoms in total. The van der Waals surface area contributed by atoms with Crippen LogP contribution >= 0.6 is 24.0 Å². The molecule has 144 valence electrons. The Morgan fingerprint density at radius 2 is 1.70 bits per heavy atom. The normalized spacial score (nSPS) is 11.5. The van der Waals surface area contributed by atoms with E-state index >= 15 is 0 Å². The lowest BCUT2D eigenvalue weighted by Gasteiger charge is -2.25. The molecular weight excluding hydrogens is 376 g/mol. The lowest BCUT2D eigenvalue weighted by Crippen LogP contribution is -2.29. The maximum absolute atomic E-state index is 13.1. The number of nitrogens with zero attached hydrogens (tertiary/aromatic N) is 1. The maximum atomic E-state index is 13.1. The Labute approximate surface area is 171 Å². The average Bonchev–Trinajstić information content (AvgIpc) is 2.69. The highest BCUT2D eigenvalue weighted by Gasteiger charge is 2.25. The Balaban J connectivity index is 2.25. The van der Waals surface area contributed by atoms with Crippen molar-refractivity contribution in [2.24, 2.45) is 0 Å². The second kappa shape index (κ2) is 10.9. The highest BCUT2D eigenvalue weighted by molar-refractivity contribution is 8.23. The molecule has 1 amide bonds. The lowest BCUT2D eigenvalue weighted by atomic mass is 10.1. The van der Waals surface area contributed by atoms with E-state index in [1.807, 2.05) is 61.5 Å². The molecule has 1 atom stereocenters. The fraction of sp³-hybridized carbons (Fsp3) is 0.333. The van der Waals surface area contributed by atoms with E-state index in [9.17, 15) is 4.79 Å². The molecule has 0 aliphatic carbocycles. The zero-order chi connectivity index (χ0) is 19.6. The molecule has 6 heteroatoms. The van der Waals surface area contributed by atoms with Crippen molar-refractivity contribution >= 4 is 39.9 Å². The first kappa shape index (κ1) is 21.3.